The number of ether oxygens (including phenoxy) is 1. The quantitative estimate of drug-likeness (QED) is 0.350. The van der Waals surface area contributed by atoms with Crippen molar-refractivity contribution in [1.29, 1.82) is 0 Å². The van der Waals surface area contributed by atoms with E-state index in [0.717, 1.165) is 16.7 Å². The first kappa shape index (κ1) is 22.3. The second-order valence-corrected chi connectivity index (χ2v) is 8.91. The fourth-order valence-corrected chi connectivity index (χ4v) is 5.11. The maximum Gasteiger partial charge on any atom is 0.325 e. The standard InChI is InChI=1S/C24H18Cl2N2O3S/c1-31-21(29)14-28-22-19(26)12-18(25)13-20(22)32-24(28)27-23(30)17-9-7-16(8-10-17)11-15-5-3-2-4-6-15/h2-10,12-13H,11,14H2,1H3. The van der Waals surface area contributed by atoms with E-state index in [1.165, 1.54) is 24.0 Å². The van der Waals surface area contributed by atoms with Gasteiger partial charge in [-0.2, -0.15) is 4.99 Å². The lowest BCUT2D eigenvalue weighted by Crippen LogP contribution is -2.22. The minimum Gasteiger partial charge on any atom is -0.468 e. The highest BCUT2D eigenvalue weighted by molar-refractivity contribution is 7.16. The molecule has 1 heterocycles. The van der Waals surface area contributed by atoms with Crippen LogP contribution in [0.2, 0.25) is 10.0 Å². The molecule has 0 bridgehead atoms. The molecule has 3 aromatic carbocycles. The third-order valence-electron chi connectivity index (χ3n) is 4.86. The third kappa shape index (κ3) is 4.93. The van der Waals surface area contributed by atoms with Gasteiger partial charge in [0.2, 0.25) is 0 Å². The smallest absolute Gasteiger partial charge is 0.325 e. The van der Waals surface area contributed by atoms with Crippen molar-refractivity contribution in [1.82, 2.24) is 4.57 Å². The number of fused-ring (bicyclic) bond motifs is 1. The molecule has 0 fully saturated rings. The monoisotopic (exact) mass is 484 g/mol. The van der Waals surface area contributed by atoms with Gasteiger partial charge in [0.25, 0.3) is 5.91 Å². The average Bonchev–Trinajstić information content (AvgIpc) is 3.11. The van der Waals surface area contributed by atoms with E-state index in [0.29, 0.717) is 25.9 Å². The summed E-state index contributed by atoms with van der Waals surface area (Å²) in [6.07, 6.45) is 0.779. The first-order chi connectivity index (χ1) is 15.4. The number of thiazole rings is 1. The van der Waals surface area contributed by atoms with Crippen LogP contribution in [0.25, 0.3) is 10.2 Å². The normalized spacial score (nSPS) is 11.7. The van der Waals surface area contributed by atoms with Crippen molar-refractivity contribution in [3.8, 4) is 0 Å². The number of hydrogen-bond acceptors (Lipinski definition) is 4. The molecular formula is C24H18Cl2N2O3S. The number of hydrogen-bond donors (Lipinski definition) is 0. The van der Waals surface area contributed by atoms with Crippen LogP contribution in [0.15, 0.2) is 71.7 Å². The number of esters is 1. The van der Waals surface area contributed by atoms with Crippen LogP contribution in [-0.2, 0) is 22.5 Å². The van der Waals surface area contributed by atoms with Crippen LogP contribution in [-0.4, -0.2) is 23.6 Å². The molecule has 8 heteroatoms. The van der Waals surface area contributed by atoms with Crippen molar-refractivity contribution in [2.75, 3.05) is 7.11 Å². The van der Waals surface area contributed by atoms with Gasteiger partial charge in [-0.25, -0.2) is 0 Å². The summed E-state index contributed by atoms with van der Waals surface area (Å²) in [7, 11) is 1.30. The summed E-state index contributed by atoms with van der Waals surface area (Å²) >= 11 is 13.7. The molecule has 0 radical (unpaired) electrons. The molecule has 0 aliphatic rings. The lowest BCUT2D eigenvalue weighted by atomic mass is 10.0. The summed E-state index contributed by atoms with van der Waals surface area (Å²) in [6, 6.07) is 20.8. The highest BCUT2D eigenvalue weighted by Crippen LogP contribution is 2.29. The molecule has 0 N–H and O–H groups in total. The Morgan fingerprint density at radius 2 is 1.69 bits per heavy atom. The second kappa shape index (κ2) is 9.69. The second-order valence-electron chi connectivity index (χ2n) is 7.06. The zero-order chi connectivity index (χ0) is 22.7. The fraction of sp³-hybridized carbons (Fsp3) is 0.125. The van der Waals surface area contributed by atoms with E-state index in [2.05, 4.69) is 17.1 Å². The minimum absolute atomic E-state index is 0.125. The third-order valence-corrected chi connectivity index (χ3v) is 6.39. The maximum absolute atomic E-state index is 12.9. The van der Waals surface area contributed by atoms with Crippen molar-refractivity contribution in [3.05, 3.63) is 98.3 Å². The molecule has 0 spiro atoms. The van der Waals surface area contributed by atoms with Gasteiger partial charge in [-0.3, -0.25) is 9.59 Å². The van der Waals surface area contributed by atoms with Crippen LogP contribution in [0.4, 0.5) is 0 Å². The predicted octanol–water partition coefficient (Wildman–Crippen LogP) is 5.51. The Bertz CT molecular complexity index is 1360. The van der Waals surface area contributed by atoms with E-state index in [-0.39, 0.29) is 6.54 Å². The first-order valence-corrected chi connectivity index (χ1v) is 11.3. The van der Waals surface area contributed by atoms with Crippen molar-refractivity contribution in [3.63, 3.8) is 0 Å². The highest BCUT2D eigenvalue weighted by Gasteiger charge is 2.16. The van der Waals surface area contributed by atoms with Crippen LogP contribution >= 0.6 is 34.5 Å². The molecule has 0 saturated heterocycles. The SMILES string of the molecule is COC(=O)Cn1c(=NC(=O)c2ccc(Cc3ccccc3)cc2)sc2cc(Cl)cc(Cl)c21. The van der Waals surface area contributed by atoms with Gasteiger partial charge in [-0.15, -0.1) is 0 Å². The molecule has 32 heavy (non-hydrogen) atoms. The lowest BCUT2D eigenvalue weighted by molar-refractivity contribution is -0.141. The van der Waals surface area contributed by atoms with E-state index in [1.807, 2.05) is 30.3 Å². The first-order valence-electron chi connectivity index (χ1n) is 9.71. The summed E-state index contributed by atoms with van der Waals surface area (Å²) in [4.78, 5) is 29.4. The molecule has 0 saturated carbocycles. The van der Waals surface area contributed by atoms with Crippen LogP contribution < -0.4 is 4.80 Å². The number of carbonyl (C=O) groups excluding carboxylic acids is 2. The number of aromatic nitrogens is 1. The zero-order valence-corrected chi connectivity index (χ0v) is 19.4. The number of benzene rings is 3. The summed E-state index contributed by atoms with van der Waals surface area (Å²) < 4.78 is 7.09. The Labute approximate surface area is 198 Å². The molecule has 4 rings (SSSR count). The van der Waals surface area contributed by atoms with Crippen molar-refractivity contribution >= 4 is 56.6 Å². The predicted molar refractivity (Wildman–Crippen MR) is 127 cm³/mol. The largest absolute Gasteiger partial charge is 0.468 e. The fourth-order valence-electron chi connectivity index (χ4n) is 3.30. The summed E-state index contributed by atoms with van der Waals surface area (Å²) in [5.41, 5.74) is 3.32. The topological polar surface area (TPSA) is 60.7 Å². The van der Waals surface area contributed by atoms with E-state index in [9.17, 15) is 9.59 Å². The molecule has 162 valence electrons. The summed E-state index contributed by atoms with van der Waals surface area (Å²) in [6.45, 7) is -0.125. The zero-order valence-electron chi connectivity index (χ0n) is 17.0. The van der Waals surface area contributed by atoms with Crippen molar-refractivity contribution < 1.29 is 14.3 Å². The number of amides is 1. The lowest BCUT2D eigenvalue weighted by Gasteiger charge is -2.05. The Balaban J connectivity index is 1.68. The summed E-state index contributed by atoms with van der Waals surface area (Å²) in [5.74, 6) is -0.890. The van der Waals surface area contributed by atoms with Gasteiger partial charge in [-0.05, 0) is 41.8 Å². The average molecular weight is 485 g/mol. The van der Waals surface area contributed by atoms with Gasteiger partial charge < -0.3 is 9.30 Å². The van der Waals surface area contributed by atoms with Crippen molar-refractivity contribution in [2.45, 2.75) is 13.0 Å². The molecule has 1 aromatic heterocycles. The molecule has 1 amide bonds. The molecule has 4 aromatic rings. The number of halogens is 2. The Morgan fingerprint density at radius 1 is 1.00 bits per heavy atom. The van der Waals surface area contributed by atoms with Gasteiger partial charge in [0.15, 0.2) is 4.80 Å². The maximum atomic E-state index is 12.9. The molecule has 5 nitrogen and oxygen atoms in total. The Kier molecular flexibility index (Phi) is 6.74. The molecule has 0 aliphatic carbocycles. The van der Waals surface area contributed by atoms with Gasteiger partial charge in [0, 0.05) is 10.6 Å². The van der Waals surface area contributed by atoms with Gasteiger partial charge >= 0.3 is 5.97 Å². The Morgan fingerprint density at radius 3 is 2.38 bits per heavy atom. The van der Waals surface area contributed by atoms with Gasteiger partial charge in [0.05, 0.1) is 22.3 Å². The minimum atomic E-state index is -0.477. The molecular weight excluding hydrogens is 467 g/mol. The number of nitrogens with zero attached hydrogens (tertiary/aromatic N) is 2. The molecule has 0 aliphatic heterocycles. The highest BCUT2D eigenvalue weighted by atomic mass is 35.5. The van der Waals surface area contributed by atoms with Crippen LogP contribution in [0.1, 0.15) is 21.5 Å². The molecule has 0 atom stereocenters. The van der Waals surface area contributed by atoms with Crippen LogP contribution in [0.5, 0.6) is 0 Å². The van der Waals surface area contributed by atoms with Crippen molar-refractivity contribution in [2.24, 2.45) is 4.99 Å². The van der Waals surface area contributed by atoms with E-state index in [1.54, 1.807) is 28.8 Å². The number of methoxy groups -OCH3 is 1. The van der Waals surface area contributed by atoms with Gasteiger partial charge in [-0.1, -0.05) is 77.0 Å². The van der Waals surface area contributed by atoms with Gasteiger partial charge in [0.1, 0.15) is 6.54 Å². The molecule has 0 unspecified atom stereocenters. The van der Waals surface area contributed by atoms with E-state index in [4.69, 9.17) is 27.9 Å². The van der Waals surface area contributed by atoms with E-state index >= 15 is 0 Å². The van der Waals surface area contributed by atoms with Crippen LogP contribution in [0, 0.1) is 0 Å². The Hall–Kier alpha value is -2.93. The number of rotatable bonds is 5. The number of carbonyl (C=O) groups is 2. The van der Waals surface area contributed by atoms with Crippen LogP contribution in [0.3, 0.4) is 0 Å². The summed E-state index contributed by atoms with van der Waals surface area (Å²) in [5, 5.41) is 0.827. The van der Waals surface area contributed by atoms with E-state index < -0.39 is 11.9 Å².